The number of benzene rings is 1. The average Bonchev–Trinajstić information content (AvgIpc) is 3.12. The van der Waals surface area contributed by atoms with Gasteiger partial charge in [-0.2, -0.15) is 4.98 Å². The first kappa shape index (κ1) is 28.1. The second-order valence-corrected chi connectivity index (χ2v) is 6.98. The summed E-state index contributed by atoms with van der Waals surface area (Å²) in [5, 5.41) is 20.6. The summed E-state index contributed by atoms with van der Waals surface area (Å²) < 4.78 is 0. The molecule has 11 nitrogen and oxygen atoms in total. The number of fused-ring (bicyclic) bond motifs is 1. The molecule has 2 heterocycles. The van der Waals surface area contributed by atoms with E-state index >= 15 is 0 Å². The number of nitrogens with one attached hydrogen (secondary N) is 3. The number of nitrogen functional groups attached to an aromatic ring is 1. The number of carboxylic acid groups (broad SMARTS) is 2. The molecule has 0 aliphatic heterocycles. The van der Waals surface area contributed by atoms with E-state index in [1.54, 1.807) is 30.5 Å². The van der Waals surface area contributed by atoms with Gasteiger partial charge in [0.15, 0.2) is 0 Å². The van der Waals surface area contributed by atoms with Crippen LogP contribution in [-0.4, -0.2) is 49.1 Å². The number of carbonyl (C=O) groups is 3. The number of amides is 1. The van der Waals surface area contributed by atoms with Crippen LogP contribution in [0, 0.1) is 0 Å². The van der Waals surface area contributed by atoms with Crippen molar-refractivity contribution in [3.63, 3.8) is 0 Å². The molecule has 1 aromatic carbocycles. The smallest absolute Gasteiger partial charge is 1.00 e. The molecule has 0 radical (unpaired) electrons. The molecule has 0 bridgehead atoms. The Morgan fingerprint density at radius 2 is 1.79 bits per heavy atom. The molecule has 33 heavy (non-hydrogen) atoms. The third kappa shape index (κ3) is 7.27. The van der Waals surface area contributed by atoms with Gasteiger partial charge in [0.05, 0.1) is 5.39 Å². The molecule has 0 aliphatic carbocycles. The SMILES string of the molecule is Nc1nc2[nH]cc(CCc3ccc(C(=O)N[C@@H](CCC(=O)O)C(=O)O)cc3)c2c(=O)[nH]1.[H-].[H-].[Li+].[Li+]. The van der Waals surface area contributed by atoms with Crippen LogP contribution in [0.15, 0.2) is 35.3 Å². The third-order valence-electron chi connectivity index (χ3n) is 4.79. The Labute approximate surface area is 214 Å². The summed E-state index contributed by atoms with van der Waals surface area (Å²) in [7, 11) is 0. The molecule has 0 aliphatic rings. The molecule has 0 fully saturated rings. The molecule has 3 rings (SSSR count). The minimum atomic E-state index is -1.30. The van der Waals surface area contributed by atoms with E-state index in [4.69, 9.17) is 15.9 Å². The van der Waals surface area contributed by atoms with Crippen LogP contribution in [0.5, 0.6) is 0 Å². The van der Waals surface area contributed by atoms with Crippen molar-refractivity contribution in [2.75, 3.05) is 5.73 Å². The van der Waals surface area contributed by atoms with Crippen molar-refractivity contribution in [1.29, 1.82) is 0 Å². The van der Waals surface area contributed by atoms with E-state index in [2.05, 4.69) is 20.3 Å². The zero-order valence-corrected chi connectivity index (χ0v) is 18.3. The minimum absolute atomic E-state index is 0. The normalized spacial score (nSPS) is 11.2. The Balaban J connectivity index is 0. The number of aromatic nitrogens is 3. The summed E-state index contributed by atoms with van der Waals surface area (Å²) in [5.74, 6) is -3.00. The quantitative estimate of drug-likeness (QED) is 0.177. The number of nitrogens with two attached hydrogens (primary N) is 1. The molecule has 3 aromatic rings. The largest absolute Gasteiger partial charge is 1.00 e. The first-order valence-corrected chi connectivity index (χ1v) is 9.44. The molecule has 7 N–H and O–H groups in total. The van der Waals surface area contributed by atoms with Gasteiger partial charge in [-0.15, -0.1) is 0 Å². The van der Waals surface area contributed by atoms with E-state index in [0.717, 1.165) is 11.1 Å². The molecule has 1 atom stereocenters. The van der Waals surface area contributed by atoms with Crippen molar-refractivity contribution in [2.24, 2.45) is 0 Å². The predicted octanol–water partition coefficient (Wildman–Crippen LogP) is -5.10. The summed E-state index contributed by atoms with van der Waals surface area (Å²) in [6.45, 7) is 0. The van der Waals surface area contributed by atoms with Crippen molar-refractivity contribution in [3.8, 4) is 0 Å². The summed E-state index contributed by atoms with van der Waals surface area (Å²) in [4.78, 5) is 55.7. The van der Waals surface area contributed by atoms with Crippen molar-refractivity contribution >= 4 is 34.8 Å². The van der Waals surface area contributed by atoms with E-state index in [-0.39, 0.29) is 70.5 Å². The Morgan fingerprint density at radius 1 is 1.12 bits per heavy atom. The van der Waals surface area contributed by atoms with E-state index in [9.17, 15) is 19.2 Å². The van der Waals surface area contributed by atoms with Gasteiger partial charge in [-0.3, -0.25) is 19.4 Å². The van der Waals surface area contributed by atoms with Crippen LogP contribution in [0.4, 0.5) is 5.95 Å². The molecule has 0 spiro atoms. The summed E-state index contributed by atoms with van der Waals surface area (Å²) >= 11 is 0. The van der Waals surface area contributed by atoms with Crippen LogP contribution in [0.1, 0.15) is 37.2 Å². The topological polar surface area (TPSA) is 191 Å². The van der Waals surface area contributed by atoms with Gasteiger partial charge in [-0.25, -0.2) is 4.79 Å². The summed E-state index contributed by atoms with van der Waals surface area (Å²) in [5.41, 5.74) is 7.59. The van der Waals surface area contributed by atoms with Gasteiger partial charge >= 0.3 is 49.7 Å². The molecular formula is C20H23Li2N5O6. The van der Waals surface area contributed by atoms with Crippen LogP contribution in [0.3, 0.4) is 0 Å². The number of carboxylic acids is 2. The number of anilines is 1. The summed E-state index contributed by atoms with van der Waals surface area (Å²) in [6.07, 6.45) is 2.27. The van der Waals surface area contributed by atoms with Gasteiger partial charge in [-0.1, -0.05) is 12.1 Å². The fraction of sp³-hybridized carbons (Fsp3) is 0.250. The fourth-order valence-electron chi connectivity index (χ4n) is 3.19. The van der Waals surface area contributed by atoms with Gasteiger partial charge in [0.2, 0.25) is 5.95 Å². The van der Waals surface area contributed by atoms with Crippen LogP contribution in [0.25, 0.3) is 11.0 Å². The zero-order valence-electron chi connectivity index (χ0n) is 20.3. The second-order valence-electron chi connectivity index (χ2n) is 6.98. The number of nitrogens with zero attached hydrogens (tertiary/aromatic N) is 1. The standard InChI is InChI=1S/C20H21N5O6.2Li.2H/c21-20-24-16-15(18(29)25-20)12(9-22-16)6-3-10-1-4-11(5-2-10)17(28)23-13(19(30)31)7-8-14(26)27;;;;/h1-2,4-5,9,13H,3,6-8H2,(H,23,28)(H,26,27)(H,30,31)(H4,21,22,24,25,29);;;;/q;2*+1;2*-1/t13-;;;;/m0..../s1. The molecule has 1 amide bonds. The summed E-state index contributed by atoms with van der Waals surface area (Å²) in [6, 6.07) is 5.30. The monoisotopic (exact) mass is 443 g/mol. The maximum absolute atomic E-state index is 12.3. The Kier molecular flexibility index (Phi) is 10.5. The van der Waals surface area contributed by atoms with Crippen LogP contribution < -0.4 is 54.3 Å². The maximum atomic E-state index is 12.3. The Morgan fingerprint density at radius 3 is 2.39 bits per heavy atom. The number of hydrogen-bond acceptors (Lipinski definition) is 6. The number of carbonyl (C=O) groups excluding carboxylic acids is 1. The minimum Gasteiger partial charge on any atom is -1.00 e. The van der Waals surface area contributed by atoms with Gasteiger partial charge in [0.25, 0.3) is 11.5 Å². The number of aryl methyl sites for hydroxylation is 2. The van der Waals surface area contributed by atoms with Crippen LogP contribution in [-0.2, 0) is 22.4 Å². The molecule has 0 saturated heterocycles. The Bertz CT molecular complexity index is 1200. The fourth-order valence-corrected chi connectivity index (χ4v) is 3.19. The molecule has 2 aromatic heterocycles. The second kappa shape index (κ2) is 12.3. The van der Waals surface area contributed by atoms with Gasteiger partial charge in [0, 0.05) is 18.2 Å². The molecule has 13 heteroatoms. The zero-order chi connectivity index (χ0) is 22.5. The van der Waals surface area contributed by atoms with Gasteiger partial charge in [-0.05, 0) is 42.5 Å². The molecule has 166 valence electrons. The van der Waals surface area contributed by atoms with Crippen molar-refractivity contribution in [2.45, 2.75) is 31.7 Å². The molecule has 0 unspecified atom stereocenters. The first-order valence-electron chi connectivity index (χ1n) is 9.44. The average molecular weight is 443 g/mol. The van der Waals surface area contributed by atoms with Gasteiger partial charge in [0.1, 0.15) is 11.7 Å². The predicted molar refractivity (Wildman–Crippen MR) is 113 cm³/mol. The Hall–Kier alpha value is -2.96. The molecule has 0 saturated carbocycles. The third-order valence-corrected chi connectivity index (χ3v) is 4.79. The van der Waals surface area contributed by atoms with Crippen molar-refractivity contribution < 1.29 is 65.2 Å². The van der Waals surface area contributed by atoms with Crippen molar-refractivity contribution in [3.05, 3.63) is 57.5 Å². The van der Waals surface area contributed by atoms with E-state index in [0.29, 0.717) is 23.9 Å². The van der Waals surface area contributed by atoms with E-state index in [1.807, 2.05) is 0 Å². The number of rotatable bonds is 9. The van der Waals surface area contributed by atoms with Crippen molar-refractivity contribution in [1.82, 2.24) is 20.3 Å². The van der Waals surface area contributed by atoms with Gasteiger partial charge < -0.3 is 29.1 Å². The maximum Gasteiger partial charge on any atom is 1.00 e. The molecular weight excluding hydrogens is 420 g/mol. The van der Waals surface area contributed by atoms with Crippen LogP contribution in [0.2, 0.25) is 0 Å². The number of H-pyrrole nitrogens is 2. The number of hydrogen-bond donors (Lipinski definition) is 6. The van der Waals surface area contributed by atoms with E-state index < -0.39 is 23.9 Å². The number of aliphatic carboxylic acids is 2. The van der Waals surface area contributed by atoms with Crippen LogP contribution >= 0.6 is 0 Å². The first-order chi connectivity index (χ1) is 14.7. The van der Waals surface area contributed by atoms with E-state index in [1.165, 1.54) is 0 Å². The number of aromatic amines is 2.